The van der Waals surface area contributed by atoms with Crippen molar-refractivity contribution in [3.63, 3.8) is 0 Å². The summed E-state index contributed by atoms with van der Waals surface area (Å²) in [5.74, 6) is 0.788. The minimum absolute atomic E-state index is 0.0961. The summed E-state index contributed by atoms with van der Waals surface area (Å²) in [7, 11) is 1.61. The molecule has 0 radical (unpaired) electrons. The van der Waals surface area contributed by atoms with Crippen LogP contribution in [0.2, 0.25) is 0 Å². The largest absolute Gasteiger partial charge is 0.465 e. The number of ether oxygens (including phenoxy) is 2. The lowest BCUT2D eigenvalue weighted by molar-refractivity contribution is -0.145. The predicted octanol–water partition coefficient (Wildman–Crippen LogP) is 3.11. The molecule has 0 bridgehead atoms. The highest BCUT2D eigenvalue weighted by Crippen LogP contribution is 2.23. The molecule has 0 aliphatic carbocycles. The van der Waals surface area contributed by atoms with Crippen molar-refractivity contribution in [1.82, 2.24) is 0 Å². The van der Waals surface area contributed by atoms with Gasteiger partial charge in [-0.05, 0) is 35.8 Å². The molecule has 0 amide bonds. The van der Waals surface area contributed by atoms with E-state index in [-0.39, 0.29) is 12.4 Å². The van der Waals surface area contributed by atoms with Crippen molar-refractivity contribution >= 4 is 15.9 Å². The molecule has 1 rings (SSSR count). The maximum Gasteiger partial charge on any atom is 0.155 e. The van der Waals surface area contributed by atoms with E-state index in [1.54, 1.807) is 13.4 Å². The molecule has 3 nitrogen and oxygen atoms in total. The van der Waals surface area contributed by atoms with Gasteiger partial charge in [-0.25, -0.2) is 0 Å². The second-order valence-corrected chi connectivity index (χ2v) is 3.66. The Morgan fingerprint density at radius 3 is 2.62 bits per heavy atom. The lowest BCUT2D eigenvalue weighted by Crippen LogP contribution is -2.12. The molecule has 0 fully saturated rings. The van der Waals surface area contributed by atoms with Crippen LogP contribution in [0, 0.1) is 0 Å². The van der Waals surface area contributed by atoms with Crippen molar-refractivity contribution in [3.8, 4) is 0 Å². The molecule has 2 unspecified atom stereocenters. The maximum atomic E-state index is 5.46. The molecule has 0 saturated carbocycles. The Bertz CT molecular complexity index is 259. The number of halogens is 1. The van der Waals surface area contributed by atoms with Gasteiger partial charge in [-0.3, -0.25) is 0 Å². The van der Waals surface area contributed by atoms with E-state index in [0.717, 1.165) is 10.2 Å². The fraction of sp³-hybridized carbons (Fsp3) is 0.556. The smallest absolute Gasteiger partial charge is 0.155 e. The van der Waals surface area contributed by atoms with Crippen molar-refractivity contribution in [2.75, 3.05) is 7.11 Å². The van der Waals surface area contributed by atoms with Gasteiger partial charge in [0, 0.05) is 7.11 Å². The maximum absolute atomic E-state index is 5.46. The molecule has 1 heterocycles. The van der Waals surface area contributed by atoms with E-state index in [1.165, 1.54) is 0 Å². The first kappa shape index (κ1) is 10.8. The second-order valence-electron chi connectivity index (χ2n) is 2.75. The molecular formula is C9H13BrO3. The fourth-order valence-electron chi connectivity index (χ4n) is 0.952. The minimum Gasteiger partial charge on any atom is -0.465 e. The highest BCUT2D eigenvalue weighted by Gasteiger charge is 2.13. The Kier molecular flexibility index (Phi) is 3.96. The zero-order valence-electron chi connectivity index (χ0n) is 7.91. The molecule has 2 atom stereocenters. The van der Waals surface area contributed by atoms with Gasteiger partial charge in [-0.1, -0.05) is 0 Å². The highest BCUT2D eigenvalue weighted by atomic mass is 79.9. The number of methoxy groups -OCH3 is 1. The van der Waals surface area contributed by atoms with Gasteiger partial charge in [-0.15, -0.1) is 0 Å². The van der Waals surface area contributed by atoms with Crippen molar-refractivity contribution < 1.29 is 13.9 Å². The first-order valence-corrected chi connectivity index (χ1v) is 4.85. The molecule has 1 aromatic heterocycles. The third kappa shape index (κ3) is 3.14. The van der Waals surface area contributed by atoms with Crippen molar-refractivity contribution in [3.05, 3.63) is 22.6 Å². The summed E-state index contributed by atoms with van der Waals surface area (Å²) in [6.07, 6.45) is 1.31. The quantitative estimate of drug-likeness (QED) is 0.768. The number of furan rings is 1. The van der Waals surface area contributed by atoms with Gasteiger partial charge in [0.25, 0.3) is 0 Å². The SMILES string of the molecule is COC(C)OC(C)c1cc(Br)co1. The standard InChI is InChI=1S/C9H13BrO3/c1-6(13-7(2)11-3)9-4-8(10)5-12-9/h4-7H,1-3H3. The summed E-state index contributed by atoms with van der Waals surface area (Å²) in [6, 6.07) is 1.88. The molecule has 74 valence electrons. The predicted molar refractivity (Wildman–Crippen MR) is 52.4 cm³/mol. The summed E-state index contributed by atoms with van der Waals surface area (Å²) in [5.41, 5.74) is 0. The third-order valence-electron chi connectivity index (χ3n) is 1.72. The Labute approximate surface area is 86.1 Å². The summed E-state index contributed by atoms with van der Waals surface area (Å²) in [6.45, 7) is 3.76. The molecule has 0 aromatic carbocycles. The zero-order valence-corrected chi connectivity index (χ0v) is 9.50. The highest BCUT2D eigenvalue weighted by molar-refractivity contribution is 9.10. The van der Waals surface area contributed by atoms with E-state index in [2.05, 4.69) is 15.9 Å². The number of hydrogen-bond donors (Lipinski definition) is 0. The van der Waals surface area contributed by atoms with Crippen LogP contribution in [0.25, 0.3) is 0 Å². The fourth-order valence-corrected chi connectivity index (χ4v) is 1.27. The van der Waals surface area contributed by atoms with Crippen molar-refractivity contribution in [2.45, 2.75) is 26.2 Å². The van der Waals surface area contributed by atoms with Crippen molar-refractivity contribution in [1.29, 1.82) is 0 Å². The van der Waals surface area contributed by atoms with E-state index in [4.69, 9.17) is 13.9 Å². The van der Waals surface area contributed by atoms with Crippen LogP contribution >= 0.6 is 15.9 Å². The average Bonchev–Trinajstić information content (AvgIpc) is 2.51. The van der Waals surface area contributed by atoms with Crippen LogP contribution in [0.5, 0.6) is 0 Å². The van der Waals surface area contributed by atoms with E-state index in [9.17, 15) is 0 Å². The summed E-state index contributed by atoms with van der Waals surface area (Å²) in [4.78, 5) is 0. The van der Waals surface area contributed by atoms with Gasteiger partial charge in [-0.2, -0.15) is 0 Å². The molecule has 0 N–H and O–H groups in total. The monoisotopic (exact) mass is 248 g/mol. The molecule has 4 heteroatoms. The van der Waals surface area contributed by atoms with E-state index in [0.29, 0.717) is 0 Å². The zero-order chi connectivity index (χ0) is 9.84. The molecule has 0 saturated heterocycles. The lowest BCUT2D eigenvalue weighted by Gasteiger charge is -2.15. The third-order valence-corrected chi connectivity index (χ3v) is 2.13. The normalized spacial score (nSPS) is 15.7. The van der Waals surface area contributed by atoms with Gasteiger partial charge in [0.2, 0.25) is 0 Å². The number of hydrogen-bond acceptors (Lipinski definition) is 3. The first-order valence-electron chi connectivity index (χ1n) is 4.05. The van der Waals surface area contributed by atoms with Crippen LogP contribution < -0.4 is 0 Å². The van der Waals surface area contributed by atoms with Gasteiger partial charge in [0.05, 0.1) is 4.47 Å². The van der Waals surface area contributed by atoms with Gasteiger partial charge in [0.1, 0.15) is 18.1 Å². The molecule has 0 spiro atoms. The molecular weight excluding hydrogens is 236 g/mol. The first-order chi connectivity index (χ1) is 6.13. The van der Waals surface area contributed by atoms with Crippen LogP contribution in [0.1, 0.15) is 25.7 Å². The lowest BCUT2D eigenvalue weighted by atomic mass is 10.3. The van der Waals surface area contributed by atoms with Gasteiger partial charge in [0.15, 0.2) is 6.29 Å². The summed E-state index contributed by atoms with van der Waals surface area (Å²) in [5, 5.41) is 0. The van der Waals surface area contributed by atoms with Crippen LogP contribution in [-0.4, -0.2) is 13.4 Å². The van der Waals surface area contributed by atoms with E-state index < -0.39 is 0 Å². The molecule has 0 aliphatic rings. The van der Waals surface area contributed by atoms with Gasteiger partial charge < -0.3 is 13.9 Å². The van der Waals surface area contributed by atoms with Gasteiger partial charge >= 0.3 is 0 Å². The summed E-state index contributed by atoms with van der Waals surface area (Å²) >= 11 is 3.30. The molecule has 1 aromatic rings. The van der Waals surface area contributed by atoms with Crippen molar-refractivity contribution in [2.24, 2.45) is 0 Å². The summed E-state index contributed by atoms with van der Waals surface area (Å²) < 4.78 is 16.6. The van der Waals surface area contributed by atoms with Crippen LogP contribution in [0.4, 0.5) is 0 Å². The molecule has 13 heavy (non-hydrogen) atoms. The Balaban J connectivity index is 2.53. The molecule has 0 aliphatic heterocycles. The van der Waals surface area contributed by atoms with E-state index in [1.807, 2.05) is 19.9 Å². The van der Waals surface area contributed by atoms with Crippen LogP contribution in [-0.2, 0) is 9.47 Å². The Hall–Kier alpha value is -0.320. The average molecular weight is 249 g/mol. The van der Waals surface area contributed by atoms with E-state index >= 15 is 0 Å². The Morgan fingerprint density at radius 1 is 1.46 bits per heavy atom. The number of rotatable bonds is 4. The topological polar surface area (TPSA) is 31.6 Å². The second kappa shape index (κ2) is 4.79. The Morgan fingerprint density at radius 2 is 2.15 bits per heavy atom. The van der Waals surface area contributed by atoms with Crippen LogP contribution in [0.15, 0.2) is 21.2 Å². The minimum atomic E-state index is -0.223. The van der Waals surface area contributed by atoms with Crippen LogP contribution in [0.3, 0.4) is 0 Å².